The molecule has 0 aliphatic heterocycles. The van der Waals surface area contributed by atoms with Crippen LogP contribution in [0.5, 0.6) is 0 Å². The lowest BCUT2D eigenvalue weighted by molar-refractivity contribution is -0.156. The maximum atomic E-state index is 13.9. The summed E-state index contributed by atoms with van der Waals surface area (Å²) in [4.78, 5) is 26.9. The molecule has 0 heterocycles. The molecule has 4 atom stereocenters. The van der Waals surface area contributed by atoms with E-state index >= 15 is 0 Å². The first-order chi connectivity index (χ1) is 14.3. The van der Waals surface area contributed by atoms with Crippen LogP contribution in [0.1, 0.15) is 72.6 Å². The summed E-state index contributed by atoms with van der Waals surface area (Å²) in [7, 11) is 3.15. The van der Waals surface area contributed by atoms with Crippen molar-refractivity contribution < 1.29 is 19.1 Å². The number of carbonyl (C=O) groups excluding carboxylic acids is 2. The Bertz CT molecular complexity index is 752. The number of methoxy groups -OCH3 is 2. The molecule has 3 rings (SSSR count). The number of rotatable bonds is 6. The van der Waals surface area contributed by atoms with Crippen molar-refractivity contribution in [2.75, 3.05) is 20.0 Å². The van der Waals surface area contributed by atoms with Crippen LogP contribution < -0.4 is 0 Å². The summed E-state index contributed by atoms with van der Waals surface area (Å²) in [6.07, 6.45) is 5.54. The highest BCUT2D eigenvalue weighted by atomic mass is 32.2. The van der Waals surface area contributed by atoms with Gasteiger partial charge in [0.2, 0.25) is 0 Å². The van der Waals surface area contributed by atoms with Gasteiger partial charge in [-0.25, -0.2) is 0 Å². The van der Waals surface area contributed by atoms with Crippen LogP contribution >= 0.6 is 11.8 Å². The van der Waals surface area contributed by atoms with Gasteiger partial charge in [-0.15, -0.1) is 11.8 Å². The van der Waals surface area contributed by atoms with Gasteiger partial charge in [-0.2, -0.15) is 0 Å². The van der Waals surface area contributed by atoms with Gasteiger partial charge in [0.1, 0.15) is 6.10 Å². The second kappa shape index (κ2) is 9.20. The summed E-state index contributed by atoms with van der Waals surface area (Å²) >= 11 is 1.77. The first kappa shape index (κ1) is 23.6. The summed E-state index contributed by atoms with van der Waals surface area (Å²) in [6.45, 7) is 8.72. The van der Waals surface area contributed by atoms with E-state index in [1.807, 2.05) is 0 Å². The fourth-order valence-electron chi connectivity index (χ4n) is 6.15. The Morgan fingerprint density at radius 2 is 1.97 bits per heavy atom. The minimum absolute atomic E-state index is 0.0810. The number of esters is 1. The summed E-state index contributed by atoms with van der Waals surface area (Å²) < 4.78 is 11.1. The lowest BCUT2D eigenvalue weighted by atomic mass is 9.54. The van der Waals surface area contributed by atoms with Crippen LogP contribution in [0.3, 0.4) is 0 Å². The van der Waals surface area contributed by atoms with E-state index in [1.165, 1.54) is 18.3 Å². The Balaban J connectivity index is 2.10. The number of Topliss-reactive ketones (excluding diaryl/α,β-unsaturated/α-hetero) is 1. The zero-order valence-electron chi connectivity index (χ0n) is 19.5. The molecule has 2 fully saturated rings. The summed E-state index contributed by atoms with van der Waals surface area (Å²) in [5, 5.41) is 2.16. The van der Waals surface area contributed by atoms with E-state index in [1.54, 1.807) is 18.9 Å². The number of hydrogen-bond donors (Lipinski definition) is 0. The largest absolute Gasteiger partial charge is 0.468 e. The van der Waals surface area contributed by atoms with Crippen LogP contribution in [-0.4, -0.2) is 37.8 Å². The highest BCUT2D eigenvalue weighted by Crippen LogP contribution is 2.63. The van der Waals surface area contributed by atoms with Crippen molar-refractivity contribution in [3.05, 3.63) is 22.1 Å². The van der Waals surface area contributed by atoms with E-state index in [9.17, 15) is 9.59 Å². The fourth-order valence-corrected chi connectivity index (χ4v) is 6.96. The maximum Gasteiger partial charge on any atom is 0.315 e. The Kier molecular flexibility index (Phi) is 7.23. The maximum absolute atomic E-state index is 13.9. The number of allylic oxidation sites excluding steroid dienone is 1. The minimum Gasteiger partial charge on any atom is -0.468 e. The molecule has 0 aromatic rings. The Hall–Kier alpha value is -1.07. The number of carbonyl (C=O) groups is 2. The molecular weight excluding hydrogens is 396 g/mol. The summed E-state index contributed by atoms with van der Waals surface area (Å²) in [5.41, 5.74) is 2.69. The molecule has 5 heteroatoms. The molecule has 0 aromatic heterocycles. The topological polar surface area (TPSA) is 52.6 Å². The first-order valence-electron chi connectivity index (χ1n) is 11.5. The molecule has 3 aliphatic carbocycles. The first-order valence-corrected chi connectivity index (χ1v) is 12.5. The van der Waals surface area contributed by atoms with Crippen molar-refractivity contribution in [3.8, 4) is 0 Å². The SMILES string of the molecule is CCCS/C=C1\CC[C@@H]2C3=C(C(C)C)CC[C@]3(C(=O)OC)CC[C@@]2(C)C(=O)C1OC. The van der Waals surface area contributed by atoms with Crippen molar-refractivity contribution in [1.29, 1.82) is 0 Å². The van der Waals surface area contributed by atoms with Crippen LogP contribution in [0, 0.1) is 22.7 Å². The van der Waals surface area contributed by atoms with Gasteiger partial charge >= 0.3 is 5.97 Å². The Labute approximate surface area is 186 Å². The Morgan fingerprint density at radius 1 is 1.23 bits per heavy atom. The van der Waals surface area contributed by atoms with E-state index in [4.69, 9.17) is 9.47 Å². The molecule has 2 saturated carbocycles. The van der Waals surface area contributed by atoms with E-state index in [-0.39, 0.29) is 17.7 Å². The summed E-state index contributed by atoms with van der Waals surface area (Å²) in [5.74, 6) is 1.59. The zero-order valence-corrected chi connectivity index (χ0v) is 20.3. The molecule has 0 radical (unpaired) electrons. The summed E-state index contributed by atoms with van der Waals surface area (Å²) in [6, 6.07) is 0. The quantitative estimate of drug-likeness (QED) is 0.304. The van der Waals surface area contributed by atoms with Gasteiger partial charge in [0.15, 0.2) is 5.78 Å². The Morgan fingerprint density at radius 3 is 2.57 bits per heavy atom. The average molecular weight is 435 g/mol. The third-order valence-electron chi connectivity index (χ3n) is 7.80. The van der Waals surface area contributed by atoms with Crippen molar-refractivity contribution in [2.24, 2.45) is 22.7 Å². The zero-order chi connectivity index (χ0) is 22.1. The third kappa shape index (κ3) is 3.70. The third-order valence-corrected chi connectivity index (χ3v) is 8.91. The number of ether oxygens (including phenoxy) is 2. The molecule has 4 nitrogen and oxygen atoms in total. The minimum atomic E-state index is -0.535. The molecule has 1 unspecified atom stereocenters. The number of ketones is 1. The number of thioether (sulfide) groups is 1. The van der Waals surface area contributed by atoms with Crippen LogP contribution in [0.2, 0.25) is 0 Å². The van der Waals surface area contributed by atoms with Crippen LogP contribution in [0.15, 0.2) is 22.1 Å². The molecule has 0 amide bonds. The van der Waals surface area contributed by atoms with Crippen molar-refractivity contribution in [1.82, 2.24) is 0 Å². The molecule has 0 aromatic carbocycles. The van der Waals surface area contributed by atoms with Gasteiger partial charge in [0.05, 0.1) is 12.5 Å². The van der Waals surface area contributed by atoms with Gasteiger partial charge in [-0.1, -0.05) is 33.3 Å². The van der Waals surface area contributed by atoms with Crippen molar-refractivity contribution in [2.45, 2.75) is 78.7 Å². The second-order valence-corrected chi connectivity index (χ2v) is 10.7. The van der Waals surface area contributed by atoms with Crippen LogP contribution in [-0.2, 0) is 19.1 Å². The molecule has 0 N–H and O–H groups in total. The van der Waals surface area contributed by atoms with Gasteiger partial charge in [0, 0.05) is 12.5 Å². The second-order valence-electron chi connectivity index (χ2n) is 9.72. The van der Waals surface area contributed by atoms with E-state index < -0.39 is 16.9 Å². The van der Waals surface area contributed by atoms with E-state index in [2.05, 4.69) is 33.1 Å². The standard InChI is InChI=1S/C25H38O4S/c1-7-14-30-15-17-8-9-19-20-18(16(2)3)10-11-25(20,23(27)29-6)13-12-24(19,4)22(26)21(17)28-5/h15-16,19,21H,7-14H2,1-6H3/b17-15+/t19-,21?,24-,25+/m1/s1. The molecule has 0 saturated heterocycles. The van der Waals surface area contributed by atoms with Gasteiger partial charge in [0.25, 0.3) is 0 Å². The van der Waals surface area contributed by atoms with E-state index in [0.29, 0.717) is 12.3 Å². The van der Waals surface area contributed by atoms with Crippen LogP contribution in [0.25, 0.3) is 0 Å². The molecular formula is C25H38O4S. The fraction of sp³-hybridized carbons (Fsp3) is 0.760. The molecule has 30 heavy (non-hydrogen) atoms. The average Bonchev–Trinajstić information content (AvgIpc) is 3.09. The van der Waals surface area contributed by atoms with Crippen molar-refractivity contribution >= 4 is 23.5 Å². The van der Waals surface area contributed by atoms with Gasteiger partial charge in [-0.05, 0) is 79.1 Å². The van der Waals surface area contributed by atoms with Gasteiger partial charge < -0.3 is 9.47 Å². The van der Waals surface area contributed by atoms with Gasteiger partial charge in [-0.3, -0.25) is 9.59 Å². The predicted octanol–water partition coefficient (Wildman–Crippen LogP) is 5.71. The van der Waals surface area contributed by atoms with E-state index in [0.717, 1.165) is 49.9 Å². The van der Waals surface area contributed by atoms with Crippen LogP contribution in [0.4, 0.5) is 0 Å². The lowest BCUT2D eigenvalue weighted by Gasteiger charge is -2.48. The number of fused-ring (bicyclic) bond motifs is 3. The molecule has 168 valence electrons. The predicted molar refractivity (Wildman–Crippen MR) is 122 cm³/mol. The molecule has 0 spiro atoms. The number of hydrogen-bond acceptors (Lipinski definition) is 5. The normalized spacial score (nSPS) is 35.4. The highest BCUT2D eigenvalue weighted by molar-refractivity contribution is 8.02. The molecule has 0 bridgehead atoms. The highest BCUT2D eigenvalue weighted by Gasteiger charge is 2.61. The monoisotopic (exact) mass is 434 g/mol. The molecule has 3 aliphatic rings. The van der Waals surface area contributed by atoms with Crippen molar-refractivity contribution in [3.63, 3.8) is 0 Å². The smallest absolute Gasteiger partial charge is 0.315 e. The lowest BCUT2D eigenvalue weighted by Crippen LogP contribution is -2.50.